The third-order valence-corrected chi connectivity index (χ3v) is 5.81. The summed E-state index contributed by atoms with van der Waals surface area (Å²) >= 11 is 0. The van der Waals surface area contributed by atoms with Crippen LogP contribution in [0.5, 0.6) is 0 Å². The van der Waals surface area contributed by atoms with Gasteiger partial charge >= 0.3 is 0 Å². The van der Waals surface area contributed by atoms with E-state index >= 15 is 0 Å². The minimum Gasteiger partial charge on any atom is -0.352 e. The smallest absolute Gasteiger partial charge is 0.252 e. The van der Waals surface area contributed by atoms with Crippen LogP contribution < -0.4 is 5.32 Å². The number of nitrogens with one attached hydrogen (secondary N) is 1. The van der Waals surface area contributed by atoms with Gasteiger partial charge in [0, 0.05) is 17.5 Å². The average Bonchev–Trinajstić information content (AvgIpc) is 2.72. The molecule has 1 amide bonds. The van der Waals surface area contributed by atoms with Gasteiger partial charge in [-0.2, -0.15) is 0 Å². The van der Waals surface area contributed by atoms with Gasteiger partial charge in [-0.25, -0.2) is 4.98 Å². The van der Waals surface area contributed by atoms with Crippen molar-refractivity contribution in [2.75, 3.05) is 6.54 Å². The zero-order valence-corrected chi connectivity index (χ0v) is 16.4. The van der Waals surface area contributed by atoms with Crippen LogP contribution in [0.25, 0.3) is 22.2 Å². The predicted octanol–water partition coefficient (Wildman–Crippen LogP) is 5.99. The lowest BCUT2D eigenvalue weighted by atomic mass is 9.91. The predicted molar refractivity (Wildman–Crippen MR) is 115 cm³/mol. The van der Waals surface area contributed by atoms with Gasteiger partial charge in [0.25, 0.3) is 5.91 Å². The number of hydrogen-bond acceptors (Lipinski definition) is 2. The van der Waals surface area contributed by atoms with E-state index in [1.807, 2.05) is 60.7 Å². The molecule has 1 N–H and O–H groups in total. The maximum atomic E-state index is 13.1. The topological polar surface area (TPSA) is 42.0 Å². The maximum Gasteiger partial charge on any atom is 0.252 e. The van der Waals surface area contributed by atoms with E-state index in [1.165, 1.54) is 44.9 Å². The van der Waals surface area contributed by atoms with Crippen LogP contribution in [-0.2, 0) is 0 Å². The minimum atomic E-state index is 0.0119. The van der Waals surface area contributed by atoms with Crippen LogP contribution in [0.15, 0.2) is 60.7 Å². The van der Waals surface area contributed by atoms with Crippen LogP contribution in [0.1, 0.15) is 55.3 Å². The highest BCUT2D eigenvalue weighted by Gasteiger charge is 2.16. The minimum absolute atomic E-state index is 0.0119. The summed E-state index contributed by atoms with van der Waals surface area (Å²) in [5, 5.41) is 4.14. The number of hydrogen-bond donors (Lipinski definition) is 1. The lowest BCUT2D eigenvalue weighted by Crippen LogP contribution is -2.30. The standard InChI is InChI=1S/C25H28N2O/c28-25(26-18-19-11-5-2-1-3-6-12-19)22-17-24(20-13-7-4-8-14-20)27-23-16-10-9-15-21(22)23/h4,7-10,13-17,19H,1-3,5-6,11-12,18H2,(H,26,28). The normalized spacial score (nSPS) is 15.7. The van der Waals surface area contributed by atoms with Crippen molar-refractivity contribution in [2.45, 2.75) is 44.9 Å². The SMILES string of the molecule is O=C(NCC1CCCCCCC1)c1cc(-c2ccccc2)nc2ccccc12. The molecule has 0 bridgehead atoms. The first kappa shape index (κ1) is 18.7. The summed E-state index contributed by atoms with van der Waals surface area (Å²) in [6.07, 6.45) is 9.07. The van der Waals surface area contributed by atoms with Crippen molar-refractivity contribution in [1.29, 1.82) is 0 Å². The molecule has 1 saturated carbocycles. The maximum absolute atomic E-state index is 13.1. The Balaban J connectivity index is 1.58. The molecule has 1 aliphatic carbocycles. The first-order valence-electron chi connectivity index (χ1n) is 10.5. The van der Waals surface area contributed by atoms with Crippen LogP contribution >= 0.6 is 0 Å². The van der Waals surface area contributed by atoms with Crippen molar-refractivity contribution in [3.63, 3.8) is 0 Å². The third-order valence-electron chi connectivity index (χ3n) is 5.81. The third kappa shape index (κ3) is 4.41. The molecule has 1 fully saturated rings. The number of pyridine rings is 1. The molecule has 3 heteroatoms. The molecule has 1 aromatic heterocycles. The fraction of sp³-hybridized carbons (Fsp3) is 0.360. The van der Waals surface area contributed by atoms with Crippen molar-refractivity contribution in [3.05, 3.63) is 66.2 Å². The van der Waals surface area contributed by atoms with E-state index in [-0.39, 0.29) is 5.91 Å². The van der Waals surface area contributed by atoms with E-state index in [4.69, 9.17) is 4.98 Å². The Bertz CT molecular complexity index is 928. The molecule has 0 saturated heterocycles. The number of carbonyl (C=O) groups is 1. The van der Waals surface area contributed by atoms with Gasteiger partial charge in [-0.15, -0.1) is 0 Å². The van der Waals surface area contributed by atoms with E-state index in [0.717, 1.165) is 34.3 Å². The van der Waals surface area contributed by atoms with Crippen molar-refractivity contribution in [1.82, 2.24) is 10.3 Å². The van der Waals surface area contributed by atoms with Gasteiger partial charge in [0.15, 0.2) is 0 Å². The van der Waals surface area contributed by atoms with Gasteiger partial charge in [-0.1, -0.05) is 80.6 Å². The van der Waals surface area contributed by atoms with Crippen molar-refractivity contribution < 1.29 is 4.79 Å². The molecule has 4 rings (SSSR count). The summed E-state index contributed by atoms with van der Waals surface area (Å²) in [6.45, 7) is 0.774. The Kier molecular flexibility index (Phi) is 6.01. The average molecular weight is 373 g/mol. The van der Waals surface area contributed by atoms with E-state index in [1.54, 1.807) is 0 Å². The number of para-hydroxylation sites is 1. The summed E-state index contributed by atoms with van der Waals surface area (Å²) in [5.74, 6) is 0.615. The molecule has 0 aliphatic heterocycles. The van der Waals surface area contributed by atoms with Crippen molar-refractivity contribution >= 4 is 16.8 Å². The first-order chi connectivity index (χ1) is 13.8. The van der Waals surface area contributed by atoms with Crippen molar-refractivity contribution in [2.24, 2.45) is 5.92 Å². The Morgan fingerprint density at radius 1 is 0.893 bits per heavy atom. The second kappa shape index (κ2) is 9.01. The van der Waals surface area contributed by atoms with Gasteiger partial charge in [0.2, 0.25) is 0 Å². The molecule has 0 atom stereocenters. The number of rotatable bonds is 4. The van der Waals surface area contributed by atoms with E-state index in [0.29, 0.717) is 5.92 Å². The quantitative estimate of drug-likeness (QED) is 0.611. The summed E-state index contributed by atoms with van der Waals surface area (Å²) in [4.78, 5) is 17.9. The highest BCUT2D eigenvalue weighted by atomic mass is 16.1. The Morgan fingerprint density at radius 2 is 1.57 bits per heavy atom. The number of aromatic nitrogens is 1. The molecule has 0 radical (unpaired) electrons. The van der Waals surface area contributed by atoms with E-state index in [9.17, 15) is 4.79 Å². The number of amides is 1. The van der Waals surface area contributed by atoms with Crippen molar-refractivity contribution in [3.8, 4) is 11.3 Å². The number of nitrogens with zero attached hydrogens (tertiary/aromatic N) is 1. The second-order valence-electron chi connectivity index (χ2n) is 7.86. The molecule has 1 heterocycles. The van der Waals surface area contributed by atoms with Gasteiger partial charge in [0.05, 0.1) is 16.8 Å². The van der Waals surface area contributed by atoms with Crippen LogP contribution in [0, 0.1) is 5.92 Å². The van der Waals surface area contributed by atoms with Gasteiger partial charge in [0.1, 0.15) is 0 Å². The fourth-order valence-corrected chi connectivity index (χ4v) is 4.20. The fourth-order valence-electron chi connectivity index (χ4n) is 4.20. The monoisotopic (exact) mass is 372 g/mol. The first-order valence-corrected chi connectivity index (χ1v) is 10.5. The molecule has 0 spiro atoms. The molecule has 28 heavy (non-hydrogen) atoms. The molecular formula is C25H28N2O. The highest BCUT2D eigenvalue weighted by molar-refractivity contribution is 6.07. The van der Waals surface area contributed by atoms with Crippen LogP contribution in [0.3, 0.4) is 0 Å². The van der Waals surface area contributed by atoms with Crippen LogP contribution in [0.4, 0.5) is 0 Å². The van der Waals surface area contributed by atoms with Gasteiger partial charge in [-0.05, 0) is 30.9 Å². The number of fused-ring (bicyclic) bond motifs is 1. The van der Waals surface area contributed by atoms with Gasteiger partial charge in [-0.3, -0.25) is 4.79 Å². The summed E-state index contributed by atoms with van der Waals surface area (Å²) in [6, 6.07) is 19.9. The van der Waals surface area contributed by atoms with Crippen LogP contribution in [0.2, 0.25) is 0 Å². The summed E-state index contributed by atoms with van der Waals surface area (Å²) in [5.41, 5.74) is 3.45. The number of benzene rings is 2. The molecule has 3 nitrogen and oxygen atoms in total. The summed E-state index contributed by atoms with van der Waals surface area (Å²) < 4.78 is 0. The molecular weight excluding hydrogens is 344 g/mol. The van der Waals surface area contributed by atoms with E-state index in [2.05, 4.69) is 5.32 Å². The molecule has 1 aliphatic rings. The number of carbonyl (C=O) groups excluding carboxylic acids is 1. The Morgan fingerprint density at radius 3 is 2.36 bits per heavy atom. The van der Waals surface area contributed by atoms with Crippen LogP contribution in [-0.4, -0.2) is 17.4 Å². The summed E-state index contributed by atoms with van der Waals surface area (Å²) in [7, 11) is 0. The zero-order valence-electron chi connectivity index (χ0n) is 16.4. The molecule has 0 unspecified atom stereocenters. The zero-order chi connectivity index (χ0) is 19.2. The molecule has 144 valence electrons. The molecule has 2 aromatic carbocycles. The second-order valence-corrected chi connectivity index (χ2v) is 7.86. The van der Waals surface area contributed by atoms with E-state index < -0.39 is 0 Å². The Hall–Kier alpha value is -2.68. The Labute approximate surface area is 167 Å². The highest BCUT2D eigenvalue weighted by Crippen LogP contribution is 2.25. The lowest BCUT2D eigenvalue weighted by Gasteiger charge is -2.20. The van der Waals surface area contributed by atoms with Gasteiger partial charge < -0.3 is 5.32 Å². The molecule has 3 aromatic rings. The largest absolute Gasteiger partial charge is 0.352 e. The lowest BCUT2D eigenvalue weighted by molar-refractivity contribution is 0.0946.